The van der Waals surface area contributed by atoms with Crippen LogP contribution in [0.25, 0.3) is 0 Å². The molecule has 2 rings (SSSR count). The highest BCUT2D eigenvalue weighted by molar-refractivity contribution is 7.15. The Morgan fingerprint density at radius 2 is 1.88 bits per heavy atom. The fraction of sp³-hybridized carbons (Fsp3) is 0.421. The molecule has 0 atom stereocenters. The van der Waals surface area contributed by atoms with Crippen LogP contribution in [0.1, 0.15) is 30.0 Å². The molecule has 140 valence electrons. The van der Waals surface area contributed by atoms with Crippen molar-refractivity contribution in [3.8, 4) is 5.75 Å². The van der Waals surface area contributed by atoms with Crippen molar-refractivity contribution < 1.29 is 14.3 Å². The second-order valence-electron chi connectivity index (χ2n) is 6.35. The van der Waals surface area contributed by atoms with Crippen molar-refractivity contribution in [3.05, 3.63) is 40.4 Å². The van der Waals surface area contributed by atoms with Crippen LogP contribution >= 0.6 is 11.3 Å². The van der Waals surface area contributed by atoms with Gasteiger partial charge in [-0.1, -0.05) is 12.1 Å². The maximum atomic E-state index is 12.7. The highest BCUT2D eigenvalue weighted by atomic mass is 32.1. The number of carbonyl (C=O) groups excluding carboxylic acids is 2. The molecule has 0 saturated carbocycles. The number of hydrogen-bond donors (Lipinski definition) is 1. The van der Waals surface area contributed by atoms with Crippen molar-refractivity contribution in [3.63, 3.8) is 0 Å². The van der Waals surface area contributed by atoms with Gasteiger partial charge in [-0.05, 0) is 45.4 Å². The lowest BCUT2D eigenvalue weighted by atomic mass is 10.1. The first-order valence-corrected chi connectivity index (χ1v) is 9.28. The Morgan fingerprint density at radius 1 is 1.23 bits per heavy atom. The number of ether oxygens (including phenoxy) is 1. The number of benzene rings is 1. The topological polar surface area (TPSA) is 71.5 Å². The van der Waals surface area contributed by atoms with Crippen LogP contribution in [0.2, 0.25) is 0 Å². The normalized spacial score (nSPS) is 10.7. The summed E-state index contributed by atoms with van der Waals surface area (Å²) in [5.41, 5.74) is 1.79. The quantitative estimate of drug-likeness (QED) is 0.807. The number of thiazole rings is 1. The van der Waals surface area contributed by atoms with Crippen molar-refractivity contribution in [1.29, 1.82) is 0 Å². The number of carbonyl (C=O) groups is 2. The Kier molecular flexibility index (Phi) is 6.74. The zero-order valence-electron chi connectivity index (χ0n) is 15.8. The molecule has 0 fully saturated rings. The minimum Gasteiger partial charge on any atom is -0.497 e. The maximum absolute atomic E-state index is 12.7. The fourth-order valence-electron chi connectivity index (χ4n) is 2.42. The summed E-state index contributed by atoms with van der Waals surface area (Å²) in [6, 6.07) is 7.28. The van der Waals surface area contributed by atoms with E-state index in [9.17, 15) is 9.59 Å². The van der Waals surface area contributed by atoms with E-state index in [2.05, 4.69) is 10.3 Å². The van der Waals surface area contributed by atoms with E-state index < -0.39 is 0 Å². The van der Waals surface area contributed by atoms with Gasteiger partial charge in [0, 0.05) is 10.9 Å². The van der Waals surface area contributed by atoms with Gasteiger partial charge in [0.15, 0.2) is 5.13 Å². The Hall–Kier alpha value is -2.41. The number of methoxy groups -OCH3 is 1. The van der Waals surface area contributed by atoms with Crippen LogP contribution in [-0.4, -0.2) is 41.4 Å². The fourth-order valence-corrected chi connectivity index (χ4v) is 3.25. The number of amides is 2. The molecule has 0 unspecified atom stereocenters. The van der Waals surface area contributed by atoms with Crippen molar-refractivity contribution in [1.82, 2.24) is 9.88 Å². The van der Waals surface area contributed by atoms with Crippen LogP contribution in [-0.2, 0) is 16.0 Å². The number of anilines is 1. The predicted octanol–water partition coefficient (Wildman–Crippen LogP) is 3.19. The second-order valence-corrected chi connectivity index (χ2v) is 7.55. The van der Waals surface area contributed by atoms with E-state index in [1.165, 1.54) is 11.3 Å². The summed E-state index contributed by atoms with van der Waals surface area (Å²) in [5, 5.41) is 3.35. The Labute approximate surface area is 158 Å². The minimum absolute atomic E-state index is 0.00430. The van der Waals surface area contributed by atoms with Crippen molar-refractivity contribution >= 4 is 28.3 Å². The average molecular weight is 375 g/mol. The number of hydrogen-bond acceptors (Lipinski definition) is 5. The molecule has 0 radical (unpaired) electrons. The van der Waals surface area contributed by atoms with Crippen molar-refractivity contribution in [2.24, 2.45) is 0 Å². The first-order valence-electron chi connectivity index (χ1n) is 8.46. The van der Waals surface area contributed by atoms with Crippen LogP contribution in [0.3, 0.4) is 0 Å². The Bertz CT molecular complexity index is 749. The Balaban J connectivity index is 1.99. The summed E-state index contributed by atoms with van der Waals surface area (Å²) in [4.78, 5) is 31.9. The molecule has 1 heterocycles. The number of aromatic nitrogens is 1. The predicted molar refractivity (Wildman–Crippen MR) is 104 cm³/mol. The van der Waals surface area contributed by atoms with E-state index in [1.54, 1.807) is 12.0 Å². The number of nitrogens with zero attached hydrogens (tertiary/aromatic N) is 2. The molecule has 2 aromatic rings. The number of aryl methyl sites for hydroxylation is 2. The van der Waals surface area contributed by atoms with Crippen LogP contribution in [0.15, 0.2) is 24.3 Å². The van der Waals surface area contributed by atoms with Gasteiger partial charge in [0.25, 0.3) is 0 Å². The summed E-state index contributed by atoms with van der Waals surface area (Å²) >= 11 is 1.43. The zero-order chi connectivity index (χ0) is 19.3. The van der Waals surface area contributed by atoms with Gasteiger partial charge < -0.3 is 15.0 Å². The minimum atomic E-state index is -0.240. The average Bonchev–Trinajstić information content (AvgIpc) is 2.90. The molecule has 26 heavy (non-hydrogen) atoms. The van der Waals surface area contributed by atoms with Gasteiger partial charge in [-0.15, -0.1) is 11.3 Å². The lowest BCUT2D eigenvalue weighted by molar-refractivity contribution is -0.135. The van der Waals surface area contributed by atoms with Crippen LogP contribution in [0, 0.1) is 13.8 Å². The molecule has 0 aliphatic heterocycles. The summed E-state index contributed by atoms with van der Waals surface area (Å²) in [5.74, 6) is 0.415. The number of nitrogens with one attached hydrogen (secondary N) is 1. The smallest absolute Gasteiger partial charge is 0.245 e. The van der Waals surface area contributed by atoms with Gasteiger partial charge in [0.1, 0.15) is 12.3 Å². The maximum Gasteiger partial charge on any atom is 0.245 e. The van der Waals surface area contributed by atoms with Gasteiger partial charge in [0.2, 0.25) is 11.8 Å². The molecule has 0 aliphatic rings. The third-order valence-electron chi connectivity index (χ3n) is 4.05. The van der Waals surface area contributed by atoms with E-state index >= 15 is 0 Å². The summed E-state index contributed by atoms with van der Waals surface area (Å²) in [6.07, 6.45) is 0.241. The van der Waals surface area contributed by atoms with E-state index in [0.717, 1.165) is 21.9 Å². The van der Waals surface area contributed by atoms with Crippen LogP contribution in [0.4, 0.5) is 5.13 Å². The van der Waals surface area contributed by atoms with E-state index in [-0.39, 0.29) is 30.8 Å². The molecule has 1 N–H and O–H groups in total. The first kappa shape index (κ1) is 19.9. The van der Waals surface area contributed by atoms with Crippen LogP contribution in [0.5, 0.6) is 5.75 Å². The molecular formula is C19H25N3O3S. The van der Waals surface area contributed by atoms with Crippen molar-refractivity contribution in [2.75, 3.05) is 19.0 Å². The van der Waals surface area contributed by atoms with Gasteiger partial charge in [-0.2, -0.15) is 0 Å². The summed E-state index contributed by atoms with van der Waals surface area (Å²) < 4.78 is 5.13. The molecule has 6 nitrogen and oxygen atoms in total. The molecule has 0 bridgehead atoms. The number of rotatable bonds is 7. The molecular weight excluding hydrogens is 350 g/mol. The largest absolute Gasteiger partial charge is 0.497 e. The first-order chi connectivity index (χ1) is 12.3. The monoisotopic (exact) mass is 375 g/mol. The molecule has 7 heteroatoms. The summed E-state index contributed by atoms with van der Waals surface area (Å²) in [7, 11) is 1.60. The zero-order valence-corrected chi connectivity index (χ0v) is 16.6. The molecule has 0 aliphatic carbocycles. The molecule has 1 aromatic heterocycles. The van der Waals surface area contributed by atoms with E-state index in [1.807, 2.05) is 52.0 Å². The molecule has 0 spiro atoms. The third-order valence-corrected chi connectivity index (χ3v) is 5.04. The van der Waals surface area contributed by atoms with E-state index in [4.69, 9.17) is 4.74 Å². The molecule has 0 saturated heterocycles. The highest BCUT2D eigenvalue weighted by Gasteiger charge is 2.21. The van der Waals surface area contributed by atoms with Gasteiger partial charge in [-0.25, -0.2) is 4.98 Å². The van der Waals surface area contributed by atoms with E-state index in [0.29, 0.717) is 5.13 Å². The van der Waals surface area contributed by atoms with Gasteiger partial charge in [-0.3, -0.25) is 9.59 Å². The standard InChI is InChI=1S/C19H25N3O3S/c1-12(2)22(11-17(23)21-19-20-13(3)14(4)26-19)18(24)10-15-6-8-16(25-5)9-7-15/h6-9,12H,10-11H2,1-5H3,(H,20,21,23). The van der Waals surface area contributed by atoms with Gasteiger partial charge in [0.05, 0.1) is 19.2 Å². The molecule has 1 aromatic carbocycles. The highest BCUT2D eigenvalue weighted by Crippen LogP contribution is 2.21. The van der Waals surface area contributed by atoms with Gasteiger partial charge >= 0.3 is 0 Å². The second kappa shape index (κ2) is 8.80. The molecule has 2 amide bonds. The third kappa shape index (κ3) is 5.29. The Morgan fingerprint density at radius 3 is 2.38 bits per heavy atom. The SMILES string of the molecule is COc1ccc(CC(=O)N(CC(=O)Nc2nc(C)c(C)s2)C(C)C)cc1. The summed E-state index contributed by atoms with van der Waals surface area (Å²) in [6.45, 7) is 7.67. The van der Waals surface area contributed by atoms with Crippen molar-refractivity contribution in [2.45, 2.75) is 40.2 Å². The lowest BCUT2D eigenvalue weighted by Crippen LogP contribution is -2.43. The van der Waals surface area contributed by atoms with Crippen LogP contribution < -0.4 is 10.1 Å². The lowest BCUT2D eigenvalue weighted by Gasteiger charge is -2.26.